The van der Waals surface area contributed by atoms with Gasteiger partial charge in [-0.25, -0.2) is 4.79 Å². The van der Waals surface area contributed by atoms with Gasteiger partial charge in [-0.2, -0.15) is 0 Å². The van der Waals surface area contributed by atoms with Crippen molar-refractivity contribution in [2.45, 2.75) is 89.2 Å². The second kappa shape index (κ2) is 13.6. The quantitative estimate of drug-likeness (QED) is 0.204. The van der Waals surface area contributed by atoms with Crippen molar-refractivity contribution < 1.29 is 19.1 Å². The van der Waals surface area contributed by atoms with Crippen LogP contribution in [0, 0.1) is 0 Å². The molecule has 2 atom stereocenters. The van der Waals surface area contributed by atoms with Crippen LogP contribution in [-0.4, -0.2) is 41.5 Å². The second-order valence-electron chi connectivity index (χ2n) is 9.22. The van der Waals surface area contributed by atoms with Gasteiger partial charge in [0, 0.05) is 12.2 Å². The third-order valence-electron chi connectivity index (χ3n) is 5.31. The van der Waals surface area contributed by atoms with Crippen LogP contribution in [0.5, 0.6) is 0 Å². The third-order valence-corrected chi connectivity index (χ3v) is 6.66. The number of allylic oxidation sites excluding steroid dienone is 1. The predicted molar refractivity (Wildman–Crippen MR) is 132 cm³/mol. The normalized spacial score (nSPS) is 18.8. The molecule has 2 rings (SSSR count). The van der Waals surface area contributed by atoms with E-state index < -0.39 is 5.60 Å². The molecular weight excluding hydrogens is 422 g/mol. The molecule has 1 unspecified atom stereocenters. The highest BCUT2D eigenvalue weighted by atomic mass is 32.2. The number of methoxy groups -OCH3 is 1. The molecule has 1 amide bonds. The average molecular weight is 462 g/mol. The summed E-state index contributed by atoms with van der Waals surface area (Å²) in [6.07, 6.45) is 12.3. The number of unbranched alkanes of at least 4 members (excludes halogenated alkanes) is 6. The number of ether oxygens (including phenoxy) is 2. The van der Waals surface area contributed by atoms with Gasteiger partial charge >= 0.3 is 12.1 Å². The van der Waals surface area contributed by atoms with E-state index >= 15 is 0 Å². The molecule has 0 N–H and O–H groups in total. The first-order valence-corrected chi connectivity index (χ1v) is 12.8. The number of carbonyl (C=O) groups is 2. The number of nitrogens with zero attached hydrogens (tertiary/aromatic N) is 1. The van der Waals surface area contributed by atoms with E-state index in [-0.39, 0.29) is 23.5 Å². The van der Waals surface area contributed by atoms with Crippen molar-refractivity contribution in [3.63, 3.8) is 0 Å². The summed E-state index contributed by atoms with van der Waals surface area (Å²) in [6, 6.07) is 10.2. The van der Waals surface area contributed by atoms with Crippen LogP contribution in [0.1, 0.15) is 83.1 Å². The first-order chi connectivity index (χ1) is 15.3. The van der Waals surface area contributed by atoms with Crippen molar-refractivity contribution in [1.82, 2.24) is 4.90 Å². The number of esters is 1. The summed E-state index contributed by atoms with van der Waals surface area (Å²) in [5.74, 6) is 0.755. The minimum absolute atomic E-state index is 0.0225. The van der Waals surface area contributed by atoms with Crippen LogP contribution >= 0.6 is 11.8 Å². The molecule has 0 spiro atoms. The lowest BCUT2D eigenvalue weighted by molar-refractivity contribution is -0.140. The molecule has 1 saturated heterocycles. The number of amides is 1. The van der Waals surface area contributed by atoms with Crippen molar-refractivity contribution in [1.29, 1.82) is 0 Å². The Kier molecular flexibility index (Phi) is 11.1. The molecule has 178 valence electrons. The van der Waals surface area contributed by atoms with E-state index in [0.717, 1.165) is 43.4 Å². The smallest absolute Gasteiger partial charge is 0.411 e. The van der Waals surface area contributed by atoms with Crippen molar-refractivity contribution in [3.05, 3.63) is 48.0 Å². The summed E-state index contributed by atoms with van der Waals surface area (Å²) in [7, 11) is 1.44. The number of carbonyl (C=O) groups excluding carboxylic acids is 2. The number of rotatable bonds is 11. The van der Waals surface area contributed by atoms with E-state index in [1.165, 1.54) is 20.0 Å². The summed E-state index contributed by atoms with van der Waals surface area (Å²) in [5.41, 5.74) is 0.614. The van der Waals surface area contributed by atoms with Gasteiger partial charge in [0.2, 0.25) is 0 Å². The van der Waals surface area contributed by atoms with E-state index in [9.17, 15) is 9.59 Å². The van der Waals surface area contributed by atoms with Gasteiger partial charge in [0.25, 0.3) is 0 Å². The Morgan fingerprint density at radius 3 is 2.38 bits per heavy atom. The van der Waals surface area contributed by atoms with Gasteiger partial charge in [-0.15, -0.1) is 11.8 Å². The lowest BCUT2D eigenvalue weighted by Gasteiger charge is -2.31. The topological polar surface area (TPSA) is 55.8 Å². The Labute approximate surface area is 197 Å². The standard InChI is InChI=1S/C26H39NO4S/c1-26(2,3)31-25(29)27-22(20-32-24(27)21-16-12-11-13-17-21)18-14-9-7-5-6-8-10-15-19-23(28)30-4/h11-14,16-18,22,24H,5-10,15,19-20H2,1-4H3/b18-14+/t22-,24?/m1/s1. The van der Waals surface area contributed by atoms with Crippen molar-refractivity contribution >= 4 is 23.8 Å². The summed E-state index contributed by atoms with van der Waals surface area (Å²) < 4.78 is 10.4. The summed E-state index contributed by atoms with van der Waals surface area (Å²) in [4.78, 5) is 26.0. The van der Waals surface area contributed by atoms with Crippen LogP contribution in [0.25, 0.3) is 0 Å². The second-order valence-corrected chi connectivity index (χ2v) is 10.3. The van der Waals surface area contributed by atoms with E-state index in [0.29, 0.717) is 6.42 Å². The highest BCUT2D eigenvalue weighted by Crippen LogP contribution is 2.42. The first kappa shape index (κ1) is 26.3. The number of thioether (sulfide) groups is 1. The molecule has 1 aliphatic heterocycles. The summed E-state index contributed by atoms with van der Waals surface area (Å²) in [5, 5.41) is -0.0225. The predicted octanol–water partition coefficient (Wildman–Crippen LogP) is 6.89. The van der Waals surface area contributed by atoms with Gasteiger partial charge < -0.3 is 9.47 Å². The van der Waals surface area contributed by atoms with Gasteiger partial charge in [0.1, 0.15) is 11.0 Å². The van der Waals surface area contributed by atoms with E-state index in [1.54, 1.807) is 11.8 Å². The van der Waals surface area contributed by atoms with E-state index in [1.807, 2.05) is 43.9 Å². The molecule has 1 heterocycles. The maximum atomic E-state index is 13.0. The Balaban J connectivity index is 1.80. The van der Waals surface area contributed by atoms with Crippen LogP contribution in [0.3, 0.4) is 0 Å². The van der Waals surface area contributed by atoms with Gasteiger partial charge in [0.15, 0.2) is 0 Å². The molecule has 0 bridgehead atoms. The molecule has 0 saturated carbocycles. The zero-order valence-corrected chi connectivity index (χ0v) is 20.9. The van der Waals surface area contributed by atoms with Gasteiger partial charge in [0.05, 0.1) is 13.2 Å². The molecule has 5 nitrogen and oxygen atoms in total. The minimum atomic E-state index is -0.517. The summed E-state index contributed by atoms with van der Waals surface area (Å²) >= 11 is 1.79. The van der Waals surface area contributed by atoms with Crippen LogP contribution in [0.15, 0.2) is 42.5 Å². The zero-order valence-electron chi connectivity index (χ0n) is 20.0. The molecule has 1 aromatic rings. The largest absolute Gasteiger partial charge is 0.469 e. The highest BCUT2D eigenvalue weighted by molar-refractivity contribution is 7.99. The molecule has 6 heteroatoms. The lowest BCUT2D eigenvalue weighted by Crippen LogP contribution is -2.40. The maximum absolute atomic E-state index is 13.0. The zero-order chi connectivity index (χ0) is 23.4. The van der Waals surface area contributed by atoms with Gasteiger partial charge in [-0.3, -0.25) is 9.69 Å². The molecule has 1 fully saturated rings. The molecule has 1 aliphatic rings. The first-order valence-electron chi connectivity index (χ1n) is 11.7. The van der Waals surface area contributed by atoms with E-state index in [2.05, 4.69) is 29.0 Å². The van der Waals surface area contributed by atoms with E-state index in [4.69, 9.17) is 4.74 Å². The van der Waals surface area contributed by atoms with Crippen molar-refractivity contribution in [2.75, 3.05) is 12.9 Å². The molecule has 32 heavy (non-hydrogen) atoms. The third kappa shape index (κ3) is 9.27. The molecule has 0 radical (unpaired) electrons. The van der Waals surface area contributed by atoms with Gasteiger partial charge in [-0.05, 0) is 45.6 Å². The maximum Gasteiger partial charge on any atom is 0.411 e. The lowest BCUT2D eigenvalue weighted by atomic mass is 10.1. The Morgan fingerprint density at radius 1 is 1.06 bits per heavy atom. The Bertz CT molecular complexity index is 729. The molecule has 1 aromatic carbocycles. The van der Waals surface area contributed by atoms with Gasteiger partial charge in [-0.1, -0.05) is 68.2 Å². The minimum Gasteiger partial charge on any atom is -0.469 e. The number of hydrogen-bond donors (Lipinski definition) is 0. The molecule has 0 aromatic heterocycles. The monoisotopic (exact) mass is 461 g/mol. The Morgan fingerprint density at radius 2 is 1.72 bits per heavy atom. The summed E-state index contributed by atoms with van der Waals surface area (Å²) in [6.45, 7) is 5.73. The fourth-order valence-corrected chi connectivity index (χ4v) is 5.09. The van der Waals surface area contributed by atoms with Crippen LogP contribution in [0.4, 0.5) is 4.79 Å². The SMILES string of the molecule is COC(=O)CCCCCCCC/C=C/[C@@H]1CSC(c2ccccc2)N1C(=O)OC(C)(C)C. The van der Waals surface area contributed by atoms with Crippen molar-refractivity contribution in [3.8, 4) is 0 Å². The molecular formula is C26H39NO4S. The van der Waals surface area contributed by atoms with Crippen LogP contribution in [-0.2, 0) is 14.3 Å². The van der Waals surface area contributed by atoms with Crippen molar-refractivity contribution in [2.24, 2.45) is 0 Å². The van der Waals surface area contributed by atoms with Crippen LogP contribution < -0.4 is 0 Å². The molecule has 0 aliphatic carbocycles. The van der Waals surface area contributed by atoms with Crippen LogP contribution in [0.2, 0.25) is 0 Å². The number of hydrogen-bond acceptors (Lipinski definition) is 5. The average Bonchev–Trinajstić information content (AvgIpc) is 3.18. The number of benzene rings is 1. The highest BCUT2D eigenvalue weighted by Gasteiger charge is 2.39. The fourth-order valence-electron chi connectivity index (χ4n) is 3.69. The Hall–Kier alpha value is -1.95. The fraction of sp³-hybridized carbons (Fsp3) is 0.615.